The molecule has 0 unspecified atom stereocenters. The molecule has 1 amide bonds. The zero-order valence-corrected chi connectivity index (χ0v) is 20.4. The number of piperidine rings is 1. The molecule has 0 bridgehead atoms. The maximum absolute atomic E-state index is 13.2. The molecule has 0 N–H and O–H groups in total. The van der Waals surface area contributed by atoms with Crippen LogP contribution in [0.5, 0.6) is 0 Å². The Balaban J connectivity index is 1.31. The van der Waals surface area contributed by atoms with Gasteiger partial charge in [-0.1, -0.05) is 36.4 Å². The topological polar surface area (TPSA) is 62.2 Å². The lowest BCUT2D eigenvalue weighted by Gasteiger charge is -2.38. The molecule has 0 aliphatic carbocycles. The lowest BCUT2D eigenvalue weighted by atomic mass is 10.0. The summed E-state index contributed by atoms with van der Waals surface area (Å²) in [5.41, 5.74) is 5.11. The number of benzene rings is 1. The molecule has 0 spiro atoms. The van der Waals surface area contributed by atoms with Crippen molar-refractivity contribution in [2.45, 2.75) is 45.8 Å². The Kier molecular flexibility index (Phi) is 6.82. The van der Waals surface area contributed by atoms with Gasteiger partial charge in [-0.05, 0) is 61.4 Å². The van der Waals surface area contributed by atoms with Gasteiger partial charge >= 0.3 is 0 Å². The molecule has 1 aromatic carbocycles. The van der Waals surface area contributed by atoms with E-state index in [1.54, 1.807) is 6.20 Å². The van der Waals surface area contributed by atoms with Crippen molar-refractivity contribution in [1.29, 1.82) is 0 Å². The molecule has 0 atom stereocenters. The fourth-order valence-electron chi connectivity index (χ4n) is 4.86. The van der Waals surface area contributed by atoms with Crippen LogP contribution in [0.3, 0.4) is 0 Å². The molecule has 1 saturated heterocycles. The highest BCUT2D eigenvalue weighted by molar-refractivity contribution is 5.96. The fraction of sp³-hybridized carbons (Fsp3) is 0.310. The van der Waals surface area contributed by atoms with Gasteiger partial charge in [0.15, 0.2) is 0 Å². The van der Waals surface area contributed by atoms with E-state index < -0.39 is 0 Å². The van der Waals surface area contributed by atoms with Crippen molar-refractivity contribution in [2.75, 3.05) is 13.1 Å². The number of pyridine rings is 3. The molecule has 6 heteroatoms. The number of aromatic nitrogens is 3. The number of nitrogens with zero attached hydrogens (tertiary/aromatic N) is 5. The molecular weight excluding hydrogens is 434 g/mol. The van der Waals surface area contributed by atoms with E-state index in [4.69, 9.17) is 0 Å². The summed E-state index contributed by atoms with van der Waals surface area (Å²) in [6.45, 7) is 7.21. The van der Waals surface area contributed by atoms with Crippen LogP contribution in [0.2, 0.25) is 0 Å². The summed E-state index contributed by atoms with van der Waals surface area (Å²) in [5, 5.41) is 2.09. The highest BCUT2D eigenvalue weighted by atomic mass is 16.2. The summed E-state index contributed by atoms with van der Waals surface area (Å²) in [7, 11) is 0. The standard InChI is InChI=1S/C29H31N5O/c1-21-7-5-13-30-27(21)19-34(20-28-22(2)8-6-14-31-28)25-11-15-33(16-12-25)29(35)26-17-23-9-3-4-10-24(23)18-32-26/h3-10,13-14,17-18,25H,11-12,15-16,19-20H2,1-2H3. The Bertz CT molecular complexity index is 1280. The van der Waals surface area contributed by atoms with E-state index in [9.17, 15) is 4.79 Å². The van der Waals surface area contributed by atoms with Gasteiger partial charge in [-0.15, -0.1) is 0 Å². The third kappa shape index (κ3) is 5.23. The first-order chi connectivity index (χ1) is 17.1. The van der Waals surface area contributed by atoms with Crippen LogP contribution in [0.4, 0.5) is 0 Å². The molecule has 0 radical (unpaired) electrons. The Hall–Kier alpha value is -3.64. The number of fused-ring (bicyclic) bond motifs is 1. The highest BCUT2D eigenvalue weighted by Gasteiger charge is 2.29. The molecule has 4 aromatic rings. The largest absolute Gasteiger partial charge is 0.337 e. The molecule has 1 fully saturated rings. The van der Waals surface area contributed by atoms with Crippen molar-refractivity contribution in [1.82, 2.24) is 24.8 Å². The minimum absolute atomic E-state index is 0.0156. The fourth-order valence-corrected chi connectivity index (χ4v) is 4.86. The summed E-state index contributed by atoms with van der Waals surface area (Å²) >= 11 is 0. The summed E-state index contributed by atoms with van der Waals surface area (Å²) < 4.78 is 0. The zero-order chi connectivity index (χ0) is 24.2. The van der Waals surface area contributed by atoms with Crippen molar-refractivity contribution in [3.63, 3.8) is 0 Å². The Morgan fingerprint density at radius 3 is 2.06 bits per heavy atom. The smallest absolute Gasteiger partial charge is 0.272 e. The molecule has 6 nitrogen and oxygen atoms in total. The quantitative estimate of drug-likeness (QED) is 0.403. The van der Waals surface area contributed by atoms with Crippen molar-refractivity contribution in [3.05, 3.63) is 101 Å². The third-order valence-corrected chi connectivity index (χ3v) is 7.06. The number of carbonyl (C=O) groups excluding carboxylic acids is 1. The van der Waals surface area contributed by atoms with Crippen LogP contribution in [0.25, 0.3) is 10.8 Å². The van der Waals surface area contributed by atoms with Gasteiger partial charge < -0.3 is 4.90 Å². The van der Waals surface area contributed by atoms with Gasteiger partial charge in [-0.25, -0.2) is 0 Å². The Morgan fingerprint density at radius 1 is 0.857 bits per heavy atom. The van der Waals surface area contributed by atoms with Gasteiger partial charge in [0.05, 0.1) is 11.4 Å². The van der Waals surface area contributed by atoms with Crippen LogP contribution in [0.15, 0.2) is 73.2 Å². The molecule has 0 saturated carbocycles. The van der Waals surface area contributed by atoms with Crippen LogP contribution in [0, 0.1) is 13.8 Å². The normalized spacial score (nSPS) is 14.5. The van der Waals surface area contributed by atoms with E-state index in [0.29, 0.717) is 11.7 Å². The van der Waals surface area contributed by atoms with Crippen molar-refractivity contribution in [3.8, 4) is 0 Å². The number of hydrogen-bond donors (Lipinski definition) is 0. The molecule has 4 heterocycles. The van der Waals surface area contributed by atoms with E-state index in [2.05, 4.69) is 45.8 Å². The van der Waals surface area contributed by atoms with Gasteiger partial charge in [0.2, 0.25) is 0 Å². The van der Waals surface area contributed by atoms with Crippen molar-refractivity contribution < 1.29 is 4.79 Å². The van der Waals surface area contributed by atoms with Crippen LogP contribution < -0.4 is 0 Å². The average Bonchev–Trinajstić information content (AvgIpc) is 2.90. The molecule has 178 valence electrons. The number of rotatable bonds is 6. The van der Waals surface area contributed by atoms with E-state index in [1.165, 1.54) is 11.1 Å². The molecule has 5 rings (SSSR count). The summed E-state index contributed by atoms with van der Waals surface area (Å²) in [4.78, 5) is 31.4. The van der Waals surface area contributed by atoms with Gasteiger partial charge in [-0.2, -0.15) is 0 Å². The van der Waals surface area contributed by atoms with Gasteiger partial charge in [0, 0.05) is 56.2 Å². The summed E-state index contributed by atoms with van der Waals surface area (Å²) in [6.07, 6.45) is 7.35. The van der Waals surface area contributed by atoms with Crippen LogP contribution in [-0.2, 0) is 13.1 Å². The first-order valence-electron chi connectivity index (χ1n) is 12.3. The molecule has 35 heavy (non-hydrogen) atoms. The van der Waals surface area contributed by atoms with Crippen LogP contribution in [0.1, 0.15) is 45.8 Å². The SMILES string of the molecule is Cc1cccnc1CN(Cc1ncccc1C)C1CCN(C(=O)c2cc3ccccc3cn2)CC1. The van der Waals surface area contributed by atoms with Gasteiger partial charge in [0.1, 0.15) is 5.69 Å². The molecule has 1 aliphatic rings. The lowest BCUT2D eigenvalue weighted by molar-refractivity contribution is 0.0584. The predicted octanol–water partition coefficient (Wildman–Crippen LogP) is 4.95. The average molecular weight is 466 g/mol. The highest BCUT2D eigenvalue weighted by Crippen LogP contribution is 2.24. The first-order valence-corrected chi connectivity index (χ1v) is 12.3. The van der Waals surface area contributed by atoms with E-state index in [0.717, 1.165) is 61.2 Å². The third-order valence-electron chi connectivity index (χ3n) is 7.06. The van der Waals surface area contributed by atoms with Gasteiger partial charge in [0.25, 0.3) is 5.91 Å². The minimum Gasteiger partial charge on any atom is -0.337 e. The second-order valence-corrected chi connectivity index (χ2v) is 9.38. The second kappa shape index (κ2) is 10.3. The number of likely N-dealkylation sites (tertiary alicyclic amines) is 1. The summed E-state index contributed by atoms with van der Waals surface area (Å²) in [6, 6.07) is 18.5. The van der Waals surface area contributed by atoms with Crippen molar-refractivity contribution in [2.24, 2.45) is 0 Å². The summed E-state index contributed by atoms with van der Waals surface area (Å²) in [5.74, 6) is 0.0156. The maximum atomic E-state index is 13.2. The minimum atomic E-state index is 0.0156. The number of amides is 1. The molecular formula is C29H31N5O. The number of carbonyl (C=O) groups is 1. The van der Waals surface area contributed by atoms with Crippen LogP contribution >= 0.6 is 0 Å². The van der Waals surface area contributed by atoms with Crippen molar-refractivity contribution >= 4 is 16.7 Å². The number of aryl methyl sites for hydroxylation is 2. The first kappa shape index (κ1) is 23.1. The lowest BCUT2D eigenvalue weighted by Crippen LogP contribution is -2.46. The molecule has 3 aromatic heterocycles. The Morgan fingerprint density at radius 2 is 1.46 bits per heavy atom. The van der Waals surface area contributed by atoms with Gasteiger partial charge in [-0.3, -0.25) is 24.6 Å². The van der Waals surface area contributed by atoms with Crippen LogP contribution in [-0.4, -0.2) is 49.8 Å². The Labute approximate surface area is 206 Å². The zero-order valence-electron chi connectivity index (χ0n) is 20.4. The van der Waals surface area contributed by atoms with E-state index in [1.807, 2.05) is 59.8 Å². The number of hydrogen-bond acceptors (Lipinski definition) is 5. The monoisotopic (exact) mass is 465 g/mol. The van der Waals surface area contributed by atoms with E-state index >= 15 is 0 Å². The van der Waals surface area contributed by atoms with E-state index in [-0.39, 0.29) is 5.91 Å². The predicted molar refractivity (Wildman–Crippen MR) is 138 cm³/mol. The maximum Gasteiger partial charge on any atom is 0.272 e. The molecule has 1 aliphatic heterocycles. The second-order valence-electron chi connectivity index (χ2n) is 9.38.